The maximum Gasteiger partial charge on any atom is 0.391 e. The van der Waals surface area contributed by atoms with Crippen LogP contribution in [0.15, 0.2) is 18.5 Å². The van der Waals surface area contributed by atoms with Gasteiger partial charge in [0, 0.05) is 12.2 Å². The molecule has 0 aromatic carbocycles. The van der Waals surface area contributed by atoms with Gasteiger partial charge < -0.3 is 9.55 Å². The van der Waals surface area contributed by atoms with E-state index in [9.17, 15) is 13.2 Å². The number of pyridine rings is 1. The molecule has 0 bridgehead atoms. The maximum atomic E-state index is 12.4. The Kier molecular flexibility index (Phi) is 2.94. The molecule has 3 nitrogen and oxygen atoms in total. The van der Waals surface area contributed by atoms with Crippen LogP contribution in [0.1, 0.15) is 19.4 Å². The van der Waals surface area contributed by atoms with Crippen LogP contribution in [0, 0.1) is 4.77 Å². The van der Waals surface area contributed by atoms with Crippen molar-refractivity contribution < 1.29 is 13.2 Å². The van der Waals surface area contributed by atoms with E-state index >= 15 is 0 Å². The summed E-state index contributed by atoms with van der Waals surface area (Å²) < 4.78 is 38.8. The number of alkyl halides is 3. The third-order valence-corrected chi connectivity index (χ3v) is 2.78. The molecule has 1 N–H and O–H groups in total. The van der Waals surface area contributed by atoms with E-state index in [-0.39, 0.29) is 4.77 Å². The first-order valence-electron chi connectivity index (χ1n) is 4.99. The molecule has 92 valence electrons. The number of hydrogen-bond acceptors (Lipinski definition) is 2. The lowest BCUT2D eigenvalue weighted by atomic mass is 10.2. The standard InChI is InChI=1S/C10H10F3N3S/c1-6(4-10(11,12)13)16-8-2-3-14-5-7(8)15-9(16)17/h2-3,5-6H,4H2,1H3,(H,15,17). The molecular formula is C10H10F3N3S. The fraction of sp³-hybridized carbons (Fsp3) is 0.400. The van der Waals surface area contributed by atoms with Crippen LogP contribution in [-0.4, -0.2) is 20.7 Å². The Balaban J connectivity index is 2.48. The zero-order valence-corrected chi connectivity index (χ0v) is 9.77. The zero-order chi connectivity index (χ0) is 12.6. The summed E-state index contributed by atoms with van der Waals surface area (Å²) in [6.45, 7) is 1.50. The van der Waals surface area contributed by atoms with Crippen molar-refractivity contribution in [3.63, 3.8) is 0 Å². The van der Waals surface area contributed by atoms with Crippen molar-refractivity contribution in [2.45, 2.75) is 25.6 Å². The number of rotatable bonds is 2. The minimum absolute atomic E-state index is 0.282. The lowest BCUT2D eigenvalue weighted by molar-refractivity contribution is -0.141. The zero-order valence-electron chi connectivity index (χ0n) is 8.95. The number of nitrogens with one attached hydrogen (secondary N) is 1. The number of aromatic amines is 1. The van der Waals surface area contributed by atoms with Gasteiger partial charge >= 0.3 is 6.18 Å². The number of halogens is 3. The van der Waals surface area contributed by atoms with Crippen LogP contribution >= 0.6 is 12.2 Å². The highest BCUT2D eigenvalue weighted by atomic mass is 32.1. The van der Waals surface area contributed by atoms with Crippen LogP contribution in [-0.2, 0) is 0 Å². The molecule has 0 spiro atoms. The normalized spacial score (nSPS) is 14.1. The van der Waals surface area contributed by atoms with Crippen LogP contribution in [0.4, 0.5) is 13.2 Å². The molecule has 1 atom stereocenters. The number of hydrogen-bond donors (Lipinski definition) is 1. The molecule has 7 heteroatoms. The van der Waals surface area contributed by atoms with E-state index in [1.165, 1.54) is 17.7 Å². The summed E-state index contributed by atoms with van der Waals surface area (Å²) in [6, 6.07) is 0.910. The fourth-order valence-corrected chi connectivity index (χ4v) is 2.23. The lowest BCUT2D eigenvalue weighted by Gasteiger charge is -2.16. The minimum Gasteiger partial charge on any atom is -0.329 e. The van der Waals surface area contributed by atoms with E-state index in [4.69, 9.17) is 12.2 Å². The van der Waals surface area contributed by atoms with Crippen LogP contribution in [0.25, 0.3) is 11.0 Å². The Hall–Kier alpha value is -1.37. The highest BCUT2D eigenvalue weighted by Crippen LogP contribution is 2.29. The molecule has 0 aliphatic heterocycles. The summed E-state index contributed by atoms with van der Waals surface area (Å²) in [5, 5.41) is 0. The van der Waals surface area contributed by atoms with Crippen molar-refractivity contribution in [1.82, 2.24) is 14.5 Å². The Bertz CT molecular complexity index is 584. The number of H-pyrrole nitrogens is 1. The van der Waals surface area contributed by atoms with Gasteiger partial charge in [0.25, 0.3) is 0 Å². The summed E-state index contributed by atoms with van der Waals surface area (Å²) in [4.78, 5) is 6.73. The van der Waals surface area contributed by atoms with Gasteiger partial charge in [-0.05, 0) is 25.2 Å². The maximum absolute atomic E-state index is 12.4. The Morgan fingerprint density at radius 2 is 2.24 bits per heavy atom. The molecule has 1 unspecified atom stereocenters. The third-order valence-electron chi connectivity index (χ3n) is 2.49. The summed E-state index contributed by atoms with van der Waals surface area (Å²) >= 11 is 5.03. The molecule has 0 aliphatic carbocycles. The van der Waals surface area contributed by atoms with E-state index in [2.05, 4.69) is 9.97 Å². The van der Waals surface area contributed by atoms with Crippen LogP contribution < -0.4 is 0 Å². The molecule has 0 aliphatic rings. The van der Waals surface area contributed by atoms with Crippen molar-refractivity contribution in [2.75, 3.05) is 0 Å². The van der Waals surface area contributed by atoms with Gasteiger partial charge in [0.15, 0.2) is 4.77 Å². The summed E-state index contributed by atoms with van der Waals surface area (Å²) in [6.07, 6.45) is -2.04. The SMILES string of the molecule is CC(CC(F)(F)F)n1c(=S)[nH]c2cnccc21. The predicted molar refractivity (Wildman–Crippen MR) is 60.3 cm³/mol. The van der Waals surface area contributed by atoms with E-state index in [0.29, 0.717) is 11.0 Å². The lowest BCUT2D eigenvalue weighted by Crippen LogP contribution is -2.16. The van der Waals surface area contributed by atoms with Gasteiger partial charge in [-0.15, -0.1) is 0 Å². The highest BCUT2D eigenvalue weighted by molar-refractivity contribution is 7.71. The third kappa shape index (κ3) is 2.49. The Labute approximate surface area is 100 Å². The average molecular weight is 261 g/mol. The molecule has 0 saturated heterocycles. The topological polar surface area (TPSA) is 33.6 Å². The van der Waals surface area contributed by atoms with Crippen LogP contribution in [0.3, 0.4) is 0 Å². The van der Waals surface area contributed by atoms with E-state index in [1.54, 1.807) is 12.3 Å². The molecule has 2 aromatic rings. The molecule has 2 rings (SSSR count). The van der Waals surface area contributed by atoms with Crippen molar-refractivity contribution in [1.29, 1.82) is 0 Å². The van der Waals surface area contributed by atoms with Crippen molar-refractivity contribution in [3.05, 3.63) is 23.2 Å². The second-order valence-corrected chi connectivity index (χ2v) is 4.25. The molecule has 2 heterocycles. The molecule has 2 aromatic heterocycles. The molecule has 0 amide bonds. The first-order chi connectivity index (χ1) is 7.88. The van der Waals surface area contributed by atoms with Crippen molar-refractivity contribution in [2.24, 2.45) is 0 Å². The largest absolute Gasteiger partial charge is 0.391 e. The van der Waals surface area contributed by atoms with Crippen LogP contribution in [0.2, 0.25) is 0 Å². The Morgan fingerprint density at radius 1 is 1.53 bits per heavy atom. The number of nitrogens with zero attached hydrogens (tertiary/aromatic N) is 2. The predicted octanol–water partition coefficient (Wildman–Crippen LogP) is 3.61. The first-order valence-corrected chi connectivity index (χ1v) is 5.40. The van der Waals surface area contributed by atoms with Gasteiger partial charge in [-0.2, -0.15) is 13.2 Å². The number of aromatic nitrogens is 3. The molecule has 0 radical (unpaired) electrons. The highest BCUT2D eigenvalue weighted by Gasteiger charge is 2.31. The van der Waals surface area contributed by atoms with E-state index in [1.807, 2.05) is 0 Å². The first kappa shape index (κ1) is 12.1. The van der Waals surface area contributed by atoms with Gasteiger partial charge in [0.05, 0.1) is 23.7 Å². The van der Waals surface area contributed by atoms with Gasteiger partial charge in [0.2, 0.25) is 0 Å². The van der Waals surface area contributed by atoms with E-state index < -0.39 is 18.6 Å². The molecule has 0 fully saturated rings. The second kappa shape index (κ2) is 4.14. The van der Waals surface area contributed by atoms with Crippen molar-refractivity contribution in [3.8, 4) is 0 Å². The van der Waals surface area contributed by atoms with Crippen LogP contribution in [0.5, 0.6) is 0 Å². The number of fused-ring (bicyclic) bond motifs is 1. The number of imidazole rings is 1. The summed E-state index contributed by atoms with van der Waals surface area (Å²) in [5.41, 5.74) is 1.29. The molecular weight excluding hydrogens is 251 g/mol. The molecule has 17 heavy (non-hydrogen) atoms. The smallest absolute Gasteiger partial charge is 0.329 e. The fourth-order valence-electron chi connectivity index (χ4n) is 1.84. The van der Waals surface area contributed by atoms with Gasteiger partial charge in [-0.25, -0.2) is 0 Å². The van der Waals surface area contributed by atoms with Crippen molar-refractivity contribution >= 4 is 23.3 Å². The van der Waals surface area contributed by atoms with Gasteiger partial charge in [-0.3, -0.25) is 4.98 Å². The molecule has 0 saturated carbocycles. The summed E-state index contributed by atoms with van der Waals surface area (Å²) in [5.74, 6) is 0. The summed E-state index contributed by atoms with van der Waals surface area (Å²) in [7, 11) is 0. The minimum atomic E-state index is -4.20. The average Bonchev–Trinajstić information content (AvgIpc) is 2.50. The second-order valence-electron chi connectivity index (χ2n) is 3.86. The van der Waals surface area contributed by atoms with Gasteiger partial charge in [0.1, 0.15) is 0 Å². The van der Waals surface area contributed by atoms with E-state index in [0.717, 1.165) is 0 Å². The monoisotopic (exact) mass is 261 g/mol. The van der Waals surface area contributed by atoms with Gasteiger partial charge in [-0.1, -0.05) is 0 Å². The Morgan fingerprint density at radius 3 is 2.88 bits per heavy atom. The quantitative estimate of drug-likeness (QED) is 0.838.